The van der Waals surface area contributed by atoms with Crippen LogP contribution >= 0.6 is 15.9 Å². The standard InChI is InChI=1S/C10H16BrN3O2/c1-14-6-8(5-12-14)10(15)13-9(3-4-11)7-16-2/h5-6,9H,3-4,7H2,1-2H3,(H,13,15). The van der Waals surface area contributed by atoms with Crippen LogP contribution in [-0.4, -0.2) is 40.8 Å². The second-order valence-corrected chi connectivity index (χ2v) is 4.30. The van der Waals surface area contributed by atoms with Crippen molar-refractivity contribution in [1.82, 2.24) is 15.1 Å². The summed E-state index contributed by atoms with van der Waals surface area (Å²) in [6.45, 7) is 0.512. The van der Waals surface area contributed by atoms with Gasteiger partial charge in [-0.05, 0) is 6.42 Å². The maximum Gasteiger partial charge on any atom is 0.254 e. The quantitative estimate of drug-likeness (QED) is 0.794. The summed E-state index contributed by atoms with van der Waals surface area (Å²) in [6, 6.07) is 0.0251. The first-order valence-corrected chi connectivity index (χ1v) is 6.14. The maximum atomic E-state index is 11.8. The summed E-state index contributed by atoms with van der Waals surface area (Å²) in [6.07, 6.45) is 4.07. The summed E-state index contributed by atoms with van der Waals surface area (Å²) < 4.78 is 6.64. The van der Waals surface area contributed by atoms with Gasteiger partial charge in [0.05, 0.1) is 24.4 Å². The van der Waals surface area contributed by atoms with Crippen molar-refractivity contribution >= 4 is 21.8 Å². The molecule has 0 spiro atoms. The molecule has 1 amide bonds. The van der Waals surface area contributed by atoms with Gasteiger partial charge in [0, 0.05) is 25.7 Å². The number of methoxy groups -OCH3 is 1. The molecule has 0 fully saturated rings. The van der Waals surface area contributed by atoms with Crippen molar-refractivity contribution < 1.29 is 9.53 Å². The molecular formula is C10H16BrN3O2. The minimum Gasteiger partial charge on any atom is -0.383 e. The van der Waals surface area contributed by atoms with E-state index in [1.807, 2.05) is 0 Å². The smallest absolute Gasteiger partial charge is 0.254 e. The van der Waals surface area contributed by atoms with E-state index in [1.54, 1.807) is 31.2 Å². The van der Waals surface area contributed by atoms with Gasteiger partial charge in [-0.2, -0.15) is 5.10 Å². The van der Waals surface area contributed by atoms with E-state index in [0.29, 0.717) is 12.2 Å². The third-order valence-electron chi connectivity index (χ3n) is 2.13. The molecule has 16 heavy (non-hydrogen) atoms. The van der Waals surface area contributed by atoms with Gasteiger partial charge < -0.3 is 10.1 Å². The van der Waals surface area contributed by atoms with Gasteiger partial charge in [-0.15, -0.1) is 0 Å². The molecule has 0 saturated heterocycles. The second-order valence-electron chi connectivity index (χ2n) is 3.51. The van der Waals surface area contributed by atoms with Crippen molar-refractivity contribution in [2.45, 2.75) is 12.5 Å². The van der Waals surface area contributed by atoms with Crippen LogP contribution in [0.15, 0.2) is 12.4 Å². The van der Waals surface area contributed by atoms with Crippen LogP contribution in [0.2, 0.25) is 0 Å². The molecule has 6 heteroatoms. The highest BCUT2D eigenvalue weighted by Crippen LogP contribution is 2.01. The molecule has 0 aliphatic carbocycles. The van der Waals surface area contributed by atoms with E-state index in [4.69, 9.17) is 4.74 Å². The van der Waals surface area contributed by atoms with Crippen LogP contribution in [0.3, 0.4) is 0 Å². The lowest BCUT2D eigenvalue weighted by Crippen LogP contribution is -2.38. The molecular weight excluding hydrogens is 274 g/mol. The average molecular weight is 290 g/mol. The van der Waals surface area contributed by atoms with E-state index in [-0.39, 0.29) is 11.9 Å². The first kappa shape index (κ1) is 13.2. The van der Waals surface area contributed by atoms with Gasteiger partial charge in [0.25, 0.3) is 5.91 Å². The highest BCUT2D eigenvalue weighted by molar-refractivity contribution is 9.09. The predicted molar refractivity (Wildman–Crippen MR) is 64.7 cm³/mol. The SMILES string of the molecule is COCC(CCBr)NC(=O)c1cnn(C)c1. The van der Waals surface area contributed by atoms with Gasteiger partial charge in [-0.25, -0.2) is 0 Å². The van der Waals surface area contributed by atoms with Crippen LogP contribution in [0.25, 0.3) is 0 Å². The molecule has 0 bridgehead atoms. The highest BCUT2D eigenvalue weighted by Gasteiger charge is 2.14. The minimum absolute atomic E-state index is 0.0251. The molecule has 1 atom stereocenters. The normalized spacial score (nSPS) is 12.4. The van der Waals surface area contributed by atoms with Crippen LogP contribution in [0.4, 0.5) is 0 Å². The Labute approximate surface area is 103 Å². The number of hydrogen-bond acceptors (Lipinski definition) is 3. The number of amides is 1. The van der Waals surface area contributed by atoms with E-state index in [1.165, 1.54) is 0 Å². The number of carbonyl (C=O) groups is 1. The topological polar surface area (TPSA) is 56.1 Å². The minimum atomic E-state index is -0.115. The van der Waals surface area contributed by atoms with Crippen molar-refractivity contribution in [3.63, 3.8) is 0 Å². The van der Waals surface area contributed by atoms with E-state index >= 15 is 0 Å². The molecule has 90 valence electrons. The van der Waals surface area contributed by atoms with E-state index in [2.05, 4.69) is 26.3 Å². The average Bonchev–Trinajstić information content (AvgIpc) is 2.65. The molecule has 0 saturated carbocycles. The Kier molecular flexibility index (Phi) is 5.48. The van der Waals surface area contributed by atoms with Crippen LogP contribution in [0, 0.1) is 0 Å². The number of nitrogens with one attached hydrogen (secondary N) is 1. The molecule has 0 aliphatic heterocycles. The lowest BCUT2D eigenvalue weighted by atomic mass is 10.2. The van der Waals surface area contributed by atoms with Gasteiger partial charge in [0.15, 0.2) is 0 Å². The molecule has 1 aromatic heterocycles. The molecule has 1 aromatic rings. The Balaban J connectivity index is 2.54. The molecule has 1 unspecified atom stereocenters. The Morgan fingerprint density at radius 1 is 1.75 bits per heavy atom. The fourth-order valence-corrected chi connectivity index (χ4v) is 1.89. The number of aromatic nitrogens is 2. The zero-order valence-electron chi connectivity index (χ0n) is 9.44. The predicted octanol–water partition coefficient (Wildman–Crippen LogP) is 0.950. The zero-order chi connectivity index (χ0) is 12.0. The number of hydrogen-bond donors (Lipinski definition) is 1. The summed E-state index contributed by atoms with van der Waals surface area (Å²) in [7, 11) is 3.40. The maximum absolute atomic E-state index is 11.8. The lowest BCUT2D eigenvalue weighted by Gasteiger charge is -2.15. The third kappa shape index (κ3) is 3.94. The molecule has 1 heterocycles. The summed E-state index contributed by atoms with van der Waals surface area (Å²) >= 11 is 3.35. The van der Waals surface area contributed by atoms with Crippen molar-refractivity contribution in [3.8, 4) is 0 Å². The number of alkyl halides is 1. The second kappa shape index (κ2) is 6.65. The van der Waals surface area contributed by atoms with Crippen molar-refractivity contribution in [2.24, 2.45) is 7.05 Å². The fraction of sp³-hybridized carbons (Fsp3) is 0.600. The zero-order valence-corrected chi connectivity index (χ0v) is 11.0. The van der Waals surface area contributed by atoms with Crippen molar-refractivity contribution in [2.75, 3.05) is 19.0 Å². The van der Waals surface area contributed by atoms with Crippen LogP contribution in [0.5, 0.6) is 0 Å². The summed E-state index contributed by atoms with van der Waals surface area (Å²) in [5.74, 6) is -0.115. The number of nitrogens with zero attached hydrogens (tertiary/aromatic N) is 2. The Bertz CT molecular complexity index is 335. The van der Waals surface area contributed by atoms with E-state index < -0.39 is 0 Å². The molecule has 0 radical (unpaired) electrons. The van der Waals surface area contributed by atoms with Gasteiger partial charge in [0.2, 0.25) is 0 Å². The number of rotatable bonds is 6. The van der Waals surface area contributed by atoms with Crippen LogP contribution < -0.4 is 5.32 Å². The number of halogens is 1. The number of ether oxygens (including phenoxy) is 1. The fourth-order valence-electron chi connectivity index (χ4n) is 1.34. The number of aryl methyl sites for hydroxylation is 1. The summed E-state index contributed by atoms with van der Waals surface area (Å²) in [5, 5.41) is 7.68. The molecule has 0 aliphatic rings. The van der Waals surface area contributed by atoms with E-state index in [9.17, 15) is 4.79 Å². The summed E-state index contributed by atoms with van der Waals surface area (Å²) in [5.41, 5.74) is 0.568. The lowest BCUT2D eigenvalue weighted by molar-refractivity contribution is 0.0895. The van der Waals surface area contributed by atoms with Gasteiger partial charge >= 0.3 is 0 Å². The highest BCUT2D eigenvalue weighted by atomic mass is 79.9. The van der Waals surface area contributed by atoms with Crippen molar-refractivity contribution in [3.05, 3.63) is 18.0 Å². The molecule has 5 nitrogen and oxygen atoms in total. The monoisotopic (exact) mass is 289 g/mol. The van der Waals surface area contributed by atoms with E-state index in [0.717, 1.165) is 11.8 Å². The molecule has 1 rings (SSSR count). The Hall–Kier alpha value is -0.880. The largest absolute Gasteiger partial charge is 0.383 e. The van der Waals surface area contributed by atoms with Crippen molar-refractivity contribution in [1.29, 1.82) is 0 Å². The van der Waals surface area contributed by atoms with Gasteiger partial charge in [-0.3, -0.25) is 9.48 Å². The number of carbonyl (C=O) groups excluding carboxylic acids is 1. The molecule has 1 N–H and O–H groups in total. The Morgan fingerprint density at radius 3 is 3.00 bits per heavy atom. The first-order chi connectivity index (χ1) is 7.67. The van der Waals surface area contributed by atoms with Gasteiger partial charge in [-0.1, -0.05) is 15.9 Å². The molecule has 0 aromatic carbocycles. The van der Waals surface area contributed by atoms with Crippen LogP contribution in [0.1, 0.15) is 16.8 Å². The summed E-state index contributed by atoms with van der Waals surface area (Å²) in [4.78, 5) is 11.8. The third-order valence-corrected chi connectivity index (χ3v) is 2.59. The first-order valence-electron chi connectivity index (χ1n) is 5.01. The Morgan fingerprint density at radius 2 is 2.50 bits per heavy atom. The van der Waals surface area contributed by atoms with Crippen LogP contribution in [-0.2, 0) is 11.8 Å². The van der Waals surface area contributed by atoms with Gasteiger partial charge in [0.1, 0.15) is 0 Å².